The smallest absolute Gasteiger partial charge is 0.272 e. The summed E-state index contributed by atoms with van der Waals surface area (Å²) >= 11 is 0. The van der Waals surface area contributed by atoms with E-state index in [4.69, 9.17) is 0 Å². The fourth-order valence-corrected chi connectivity index (χ4v) is 2.08. The van der Waals surface area contributed by atoms with E-state index in [0.717, 1.165) is 18.9 Å². The Balaban J connectivity index is 1.89. The minimum Gasteiger partial charge on any atom is -0.272 e. The first-order chi connectivity index (χ1) is 12.1. The first-order valence-corrected chi connectivity index (χ1v) is 7.49. The molecule has 0 unspecified atom stereocenters. The van der Waals surface area contributed by atoms with Gasteiger partial charge in [0.05, 0.1) is 15.9 Å². The summed E-state index contributed by atoms with van der Waals surface area (Å²) in [5, 5.41) is 25.5. The van der Waals surface area contributed by atoms with Gasteiger partial charge in [-0.25, -0.2) is 0 Å². The Hall–Kier alpha value is -3.55. The van der Waals surface area contributed by atoms with Crippen LogP contribution in [0.25, 0.3) is 0 Å². The lowest BCUT2D eigenvalue weighted by Gasteiger charge is -2.01. The van der Waals surface area contributed by atoms with E-state index in [1.807, 2.05) is 24.3 Å². The average Bonchev–Trinajstić information content (AvgIpc) is 2.61. The molecular formula is C17H16N4O4. The van der Waals surface area contributed by atoms with Gasteiger partial charge in [-0.2, -0.15) is 5.10 Å². The number of allylic oxidation sites excluding steroid dienone is 2. The number of hydrogen-bond donors (Lipinski definition) is 1. The average molecular weight is 340 g/mol. The summed E-state index contributed by atoms with van der Waals surface area (Å²) in [6, 6.07) is 13.4. The zero-order valence-corrected chi connectivity index (χ0v) is 13.2. The van der Waals surface area contributed by atoms with Gasteiger partial charge in [-0.05, 0) is 30.5 Å². The Kier molecular flexibility index (Phi) is 6.35. The van der Waals surface area contributed by atoms with Crippen molar-refractivity contribution >= 4 is 23.3 Å². The number of aryl methyl sites for hydroxylation is 1. The van der Waals surface area contributed by atoms with Gasteiger partial charge in [0.1, 0.15) is 5.69 Å². The summed E-state index contributed by atoms with van der Waals surface area (Å²) < 4.78 is 0. The van der Waals surface area contributed by atoms with E-state index in [-0.39, 0.29) is 11.4 Å². The SMILES string of the molecule is O=[N+]([O-])c1ccc(N/N=C/C=C/CCc2ccccc2)c([N+](=O)[O-])c1. The first kappa shape index (κ1) is 17.8. The molecular weight excluding hydrogens is 324 g/mol. The maximum atomic E-state index is 11.0. The van der Waals surface area contributed by atoms with Gasteiger partial charge >= 0.3 is 5.69 Å². The summed E-state index contributed by atoms with van der Waals surface area (Å²) in [5.41, 5.74) is 3.10. The van der Waals surface area contributed by atoms with Gasteiger partial charge in [0.15, 0.2) is 0 Å². The largest absolute Gasteiger partial charge is 0.301 e. The molecule has 0 aliphatic heterocycles. The molecule has 2 aromatic rings. The molecule has 0 amide bonds. The standard InChI is InChI=1S/C17H16N4O4/c22-20(23)15-10-11-16(17(13-15)21(24)25)19-18-12-6-2-5-9-14-7-3-1-4-8-14/h1-4,6-8,10-13,19H,5,9H2/b6-2+,18-12+. The van der Waals surface area contributed by atoms with Gasteiger partial charge < -0.3 is 0 Å². The van der Waals surface area contributed by atoms with Crippen LogP contribution in [0.5, 0.6) is 0 Å². The van der Waals surface area contributed by atoms with Crippen LogP contribution in [-0.2, 0) is 6.42 Å². The van der Waals surface area contributed by atoms with Crippen LogP contribution in [0.1, 0.15) is 12.0 Å². The van der Waals surface area contributed by atoms with Crippen LogP contribution in [0, 0.1) is 20.2 Å². The highest BCUT2D eigenvalue weighted by Crippen LogP contribution is 2.28. The first-order valence-electron chi connectivity index (χ1n) is 7.49. The Morgan fingerprint density at radius 2 is 1.80 bits per heavy atom. The molecule has 0 saturated heterocycles. The van der Waals surface area contributed by atoms with Crippen LogP contribution in [0.2, 0.25) is 0 Å². The van der Waals surface area contributed by atoms with Crippen LogP contribution in [0.3, 0.4) is 0 Å². The van der Waals surface area contributed by atoms with Crippen LogP contribution in [0.4, 0.5) is 17.1 Å². The molecule has 2 rings (SSSR count). The molecule has 0 atom stereocenters. The van der Waals surface area contributed by atoms with E-state index in [2.05, 4.69) is 22.7 Å². The number of nitro benzene ring substituents is 2. The molecule has 0 radical (unpaired) electrons. The molecule has 8 nitrogen and oxygen atoms in total. The molecule has 0 saturated carbocycles. The summed E-state index contributed by atoms with van der Waals surface area (Å²) in [7, 11) is 0. The van der Waals surface area contributed by atoms with Gasteiger partial charge in [-0.1, -0.05) is 36.4 Å². The minimum atomic E-state index is -0.694. The monoisotopic (exact) mass is 340 g/mol. The van der Waals surface area contributed by atoms with Crippen molar-refractivity contribution in [2.75, 3.05) is 5.43 Å². The van der Waals surface area contributed by atoms with Gasteiger partial charge in [0.2, 0.25) is 0 Å². The van der Waals surface area contributed by atoms with E-state index >= 15 is 0 Å². The van der Waals surface area contributed by atoms with Crippen molar-refractivity contribution in [3.8, 4) is 0 Å². The number of hydrogen-bond acceptors (Lipinski definition) is 6. The third-order valence-electron chi connectivity index (χ3n) is 3.31. The maximum absolute atomic E-state index is 11.0. The fourth-order valence-electron chi connectivity index (χ4n) is 2.08. The van der Waals surface area contributed by atoms with Crippen molar-refractivity contribution < 1.29 is 9.85 Å². The van der Waals surface area contributed by atoms with Crippen LogP contribution >= 0.6 is 0 Å². The number of nitro groups is 2. The van der Waals surface area contributed by atoms with Gasteiger partial charge in [-0.3, -0.25) is 25.7 Å². The summed E-state index contributed by atoms with van der Waals surface area (Å²) in [5.74, 6) is 0. The second-order valence-electron chi connectivity index (χ2n) is 5.06. The van der Waals surface area contributed by atoms with Crippen molar-refractivity contribution in [1.29, 1.82) is 0 Å². The Morgan fingerprint density at radius 3 is 2.48 bits per heavy atom. The zero-order chi connectivity index (χ0) is 18.1. The maximum Gasteiger partial charge on any atom is 0.301 e. The molecule has 8 heteroatoms. The second kappa shape index (κ2) is 8.92. The van der Waals surface area contributed by atoms with Crippen molar-refractivity contribution in [2.45, 2.75) is 12.8 Å². The molecule has 0 aliphatic carbocycles. The Labute approximate surface area is 143 Å². The number of hydrazone groups is 1. The predicted octanol–water partition coefficient (Wildman–Crippen LogP) is 4.09. The van der Waals surface area contributed by atoms with Crippen LogP contribution in [0.15, 0.2) is 65.8 Å². The summed E-state index contributed by atoms with van der Waals surface area (Å²) in [4.78, 5) is 20.3. The fraction of sp³-hybridized carbons (Fsp3) is 0.118. The Bertz CT molecular complexity index is 804. The number of anilines is 1. The van der Waals surface area contributed by atoms with Gasteiger partial charge in [0, 0.05) is 12.3 Å². The van der Waals surface area contributed by atoms with E-state index < -0.39 is 15.5 Å². The Morgan fingerprint density at radius 1 is 1.04 bits per heavy atom. The van der Waals surface area contributed by atoms with E-state index in [1.165, 1.54) is 23.9 Å². The quantitative estimate of drug-likeness (QED) is 0.442. The lowest BCUT2D eigenvalue weighted by atomic mass is 10.1. The van der Waals surface area contributed by atoms with Gasteiger partial charge in [0.25, 0.3) is 5.69 Å². The highest BCUT2D eigenvalue weighted by Gasteiger charge is 2.18. The normalized spacial score (nSPS) is 11.0. The molecule has 0 aromatic heterocycles. The third-order valence-corrected chi connectivity index (χ3v) is 3.31. The van der Waals surface area contributed by atoms with Crippen molar-refractivity contribution in [1.82, 2.24) is 0 Å². The third kappa shape index (κ3) is 5.54. The highest BCUT2D eigenvalue weighted by molar-refractivity contribution is 5.73. The lowest BCUT2D eigenvalue weighted by Crippen LogP contribution is -1.98. The number of benzene rings is 2. The molecule has 25 heavy (non-hydrogen) atoms. The molecule has 1 N–H and O–H groups in total. The summed E-state index contributed by atoms with van der Waals surface area (Å²) in [6.45, 7) is 0. The lowest BCUT2D eigenvalue weighted by molar-refractivity contribution is -0.393. The molecule has 2 aromatic carbocycles. The predicted molar refractivity (Wildman–Crippen MR) is 95.8 cm³/mol. The van der Waals surface area contributed by atoms with E-state index in [0.29, 0.717) is 0 Å². The molecule has 0 spiro atoms. The number of nitrogens with one attached hydrogen (secondary N) is 1. The summed E-state index contributed by atoms with van der Waals surface area (Å²) in [6.07, 6.45) is 6.88. The van der Waals surface area contributed by atoms with Gasteiger partial charge in [-0.15, -0.1) is 0 Å². The van der Waals surface area contributed by atoms with Crippen LogP contribution < -0.4 is 5.43 Å². The highest BCUT2D eigenvalue weighted by atomic mass is 16.6. The van der Waals surface area contributed by atoms with Crippen molar-refractivity contribution in [3.63, 3.8) is 0 Å². The number of non-ortho nitro benzene ring substituents is 1. The van der Waals surface area contributed by atoms with E-state index in [9.17, 15) is 20.2 Å². The molecule has 0 aliphatic rings. The van der Waals surface area contributed by atoms with Crippen molar-refractivity contribution in [3.05, 3.63) is 86.5 Å². The topological polar surface area (TPSA) is 111 Å². The molecule has 0 heterocycles. The molecule has 128 valence electrons. The number of nitrogens with zero attached hydrogens (tertiary/aromatic N) is 3. The van der Waals surface area contributed by atoms with Crippen LogP contribution in [-0.4, -0.2) is 16.1 Å². The zero-order valence-electron chi connectivity index (χ0n) is 13.2. The number of rotatable bonds is 8. The molecule has 0 fully saturated rings. The minimum absolute atomic E-state index is 0.0875. The van der Waals surface area contributed by atoms with E-state index in [1.54, 1.807) is 6.08 Å². The molecule has 0 bridgehead atoms. The second-order valence-corrected chi connectivity index (χ2v) is 5.06. The van der Waals surface area contributed by atoms with Crippen molar-refractivity contribution in [2.24, 2.45) is 5.10 Å².